The number of ether oxygens (including phenoxy) is 5. The number of carbonyl (C=O) groups excluding carboxylic acids is 5. The number of benzene rings is 10. The van der Waals surface area contributed by atoms with Crippen molar-refractivity contribution in [2.45, 2.75) is 128 Å². The molecule has 5 aromatic heterocycles. The molecule has 20 rings (SSSR count). The van der Waals surface area contributed by atoms with E-state index in [1.54, 1.807) is 30.0 Å². The molecule has 0 fully saturated rings. The zero-order valence-corrected chi connectivity index (χ0v) is 83.4. The van der Waals surface area contributed by atoms with Crippen LogP contribution in [0.25, 0.3) is 54.5 Å². The Morgan fingerprint density at radius 2 is 0.723 bits per heavy atom. The fourth-order valence-electron chi connectivity index (χ4n) is 19.3. The van der Waals surface area contributed by atoms with Crippen molar-refractivity contribution in [1.82, 2.24) is 49.4 Å². The highest BCUT2D eigenvalue weighted by molar-refractivity contribution is 9.10. The number of hydrogen-bond acceptors (Lipinski definition) is 10. The largest absolute Gasteiger partial charge is 0.453 e. The average Bonchev–Trinajstić information content (AvgIpc) is 1.63. The molecule has 5 N–H and O–H groups in total. The zero-order valence-electron chi connectivity index (χ0n) is 77.3. The van der Waals surface area contributed by atoms with Gasteiger partial charge in [0.2, 0.25) is 0 Å². The summed E-state index contributed by atoms with van der Waals surface area (Å²) in [6, 6.07) is 56.5. The summed E-state index contributed by atoms with van der Waals surface area (Å²) in [5.74, 6) is -1.13. The normalized spacial score (nSPS) is 16.6. The lowest BCUT2D eigenvalue weighted by molar-refractivity contribution is -0.138. The number of aromatic amines is 5. The summed E-state index contributed by atoms with van der Waals surface area (Å²) in [6.07, 6.45) is -8.06. The molecule has 5 atom stereocenters. The average molecular weight is 2120 g/mol. The lowest BCUT2D eigenvalue weighted by Gasteiger charge is -2.36. The molecule has 35 heteroatoms. The van der Waals surface area contributed by atoms with Crippen molar-refractivity contribution >= 4 is 171 Å². The smallest absolute Gasteiger partial charge is 0.416 e. The van der Waals surface area contributed by atoms with Gasteiger partial charge in [-0.1, -0.05) is 161 Å². The van der Waals surface area contributed by atoms with Crippen molar-refractivity contribution in [3.8, 4) is 0 Å². The van der Waals surface area contributed by atoms with E-state index in [-0.39, 0.29) is 62.0 Å². The SMILES string of the molecule is CCOC(=O)N1CCc2c([nH]c3ccc(Br)cc23)C1c1cccc(C(F)(F)F)c1.COC(=O)N1CCc2c([nH]c3ccc(Cl)cc23)C1c1ccc(C(C)C)cc1.Cc1ccc(C2c3[nH]c4ccc(Cl)cc4c3CCN2C(=O)OC(C)C)cc1.O=C(OCCCl)N1CCc2c([nH]c3ccc(Cl)cc23)C1c1ccc(C(F)(F)F)cc1.O=C(OCCCl)N1CCc2c([nH]c3ccc(Cl)cc23)C1c1ccc(F)c(F)c1. The standard InChI is InChI=1S/2C22H23ClN2O2.C21H18BrF3N2O2.C21H17Cl2F3N2O2.C20H16Cl2F2N2O2/c1-13(2)14-4-6-15(7-5-14)21-20-17(10-11-25(21)22(26)27-3)18-12-16(23)8-9-19(18)24-20;1-13(2)27-22(26)25-11-10-17-18-12-16(23)8-9-19(18)24-20(17)21(25)15-6-4-14(3)5-7-15;1-2-29-20(28)27-9-8-15-16-11-14(22)6-7-17(16)26-18(15)19(27)12-4-3-5-13(10-12)21(23,24)25;22-8-10-30-20(29)28-9-7-15-16-11-14(23)5-6-17(16)27-18(15)19(28)12-1-3-13(4-2-12)21(24,25)26;21-6-8-28-20(27)26-7-5-13-14-10-12(22)2-4-17(14)25-18(13)19(26)11-1-3-15(23)16(24)9-11/h2*4-9,12-13,21,24H,10-11H2,1-3H3;3-7,10-11,19,26H,2,8-9H2,1H3;1-6,11,19,27H,7-10H2;1-4,9-10,19,25H,5-8H2. The maximum Gasteiger partial charge on any atom is 0.416 e. The molecule has 0 saturated heterocycles. The number of nitrogens with one attached hydrogen (secondary N) is 5. The number of hydrogen-bond donors (Lipinski definition) is 5. The number of methoxy groups -OCH3 is 1. The maximum atomic E-state index is 13.9. The molecule has 5 aliphatic heterocycles. The number of halogens is 15. The molecule has 141 heavy (non-hydrogen) atoms. The van der Waals surface area contributed by atoms with Crippen LogP contribution in [0, 0.1) is 18.6 Å². The minimum absolute atomic E-state index is 0.0474. The second kappa shape index (κ2) is 43.4. The summed E-state index contributed by atoms with van der Waals surface area (Å²) in [6.45, 7) is 14.4. The molecule has 0 spiro atoms. The molecule has 20 nitrogen and oxygen atoms in total. The molecule has 10 heterocycles. The number of fused-ring (bicyclic) bond motifs is 15. The quantitative estimate of drug-likeness (QED) is 0.0442. The lowest BCUT2D eigenvalue weighted by Crippen LogP contribution is -2.41. The first-order chi connectivity index (χ1) is 67.5. The van der Waals surface area contributed by atoms with Gasteiger partial charge in [0.25, 0.3) is 0 Å². The third kappa shape index (κ3) is 22.0. The highest BCUT2D eigenvalue weighted by Gasteiger charge is 2.44. The summed E-state index contributed by atoms with van der Waals surface area (Å²) in [5, 5.41) is 7.76. The van der Waals surface area contributed by atoms with Crippen LogP contribution in [-0.2, 0) is 68.1 Å². The molecule has 0 bridgehead atoms. The molecular weight excluding hydrogens is 2020 g/mol. The molecule has 736 valence electrons. The van der Waals surface area contributed by atoms with Crippen LogP contribution < -0.4 is 0 Å². The summed E-state index contributed by atoms with van der Waals surface area (Å²) in [5.41, 5.74) is 18.9. The molecule has 5 aliphatic rings. The van der Waals surface area contributed by atoms with Crippen LogP contribution in [0.5, 0.6) is 0 Å². The fraction of sp³-hybridized carbons (Fsp3) is 0.292. The Labute approximate surface area is 845 Å². The van der Waals surface area contributed by atoms with Gasteiger partial charge in [0.15, 0.2) is 11.6 Å². The Morgan fingerprint density at radius 3 is 1.08 bits per heavy atom. The van der Waals surface area contributed by atoms with Crippen molar-refractivity contribution in [3.05, 3.63) is 349 Å². The van der Waals surface area contributed by atoms with E-state index in [9.17, 15) is 59.1 Å². The number of amides is 5. The zero-order chi connectivity index (χ0) is 100. The Hall–Kier alpha value is -12.1. The Kier molecular flexibility index (Phi) is 31.3. The summed E-state index contributed by atoms with van der Waals surface area (Å²) >= 11 is 39.5. The number of aryl methyl sites for hydroxylation is 1. The van der Waals surface area contributed by atoms with Gasteiger partial charge in [-0.05, 0) is 254 Å². The molecule has 0 saturated carbocycles. The molecule has 15 aromatic rings. The number of nitrogens with zero attached hydrogens (tertiary/aromatic N) is 5. The van der Waals surface area contributed by atoms with Crippen molar-refractivity contribution in [3.63, 3.8) is 0 Å². The Balaban J connectivity index is 0.000000127. The lowest BCUT2D eigenvalue weighted by atomic mass is 9.91. The fourth-order valence-corrected chi connectivity index (χ4v) is 20.5. The highest BCUT2D eigenvalue weighted by atomic mass is 79.9. The van der Waals surface area contributed by atoms with Crippen LogP contribution in [0.4, 0.5) is 59.1 Å². The van der Waals surface area contributed by atoms with E-state index in [1.807, 2.05) is 97.6 Å². The first-order valence-corrected chi connectivity index (χ1v) is 49.1. The molecule has 5 unspecified atom stereocenters. The first kappa shape index (κ1) is 102. The predicted molar refractivity (Wildman–Crippen MR) is 537 cm³/mol. The van der Waals surface area contributed by atoms with E-state index in [2.05, 4.69) is 110 Å². The van der Waals surface area contributed by atoms with E-state index in [0.717, 1.165) is 175 Å². The summed E-state index contributed by atoms with van der Waals surface area (Å²) in [7, 11) is 1.43. The van der Waals surface area contributed by atoms with E-state index in [0.29, 0.717) is 84.6 Å². The van der Waals surface area contributed by atoms with Gasteiger partial charge in [-0.15, -0.1) is 23.2 Å². The van der Waals surface area contributed by atoms with Crippen LogP contribution in [0.15, 0.2) is 211 Å². The minimum atomic E-state index is -4.46. The van der Waals surface area contributed by atoms with Gasteiger partial charge >= 0.3 is 42.8 Å². The van der Waals surface area contributed by atoms with Crippen molar-refractivity contribution in [2.24, 2.45) is 0 Å². The van der Waals surface area contributed by atoms with Gasteiger partial charge in [0.05, 0.1) is 42.7 Å². The van der Waals surface area contributed by atoms with Gasteiger partial charge in [-0.2, -0.15) is 26.3 Å². The van der Waals surface area contributed by atoms with Crippen molar-refractivity contribution in [2.75, 3.05) is 71.4 Å². The van der Waals surface area contributed by atoms with Gasteiger partial charge in [-0.3, -0.25) is 24.5 Å². The van der Waals surface area contributed by atoms with Gasteiger partial charge < -0.3 is 48.6 Å². The summed E-state index contributed by atoms with van der Waals surface area (Å²) < 4.78 is 133. The van der Waals surface area contributed by atoms with Crippen LogP contribution in [-0.4, -0.2) is 157 Å². The number of rotatable bonds is 12. The van der Waals surface area contributed by atoms with E-state index in [4.69, 9.17) is 93.3 Å². The molecule has 5 amide bonds. The minimum Gasteiger partial charge on any atom is -0.453 e. The third-order valence-electron chi connectivity index (χ3n) is 25.7. The molecular formula is C106H97BrCl6F8N10O10. The van der Waals surface area contributed by atoms with E-state index >= 15 is 0 Å². The number of alkyl halides is 8. The monoisotopic (exact) mass is 2110 g/mol. The van der Waals surface area contributed by atoms with Gasteiger partial charge in [0, 0.05) is 140 Å². The third-order valence-corrected chi connectivity index (χ3v) is 27.4. The van der Waals surface area contributed by atoms with Crippen molar-refractivity contribution in [1.29, 1.82) is 0 Å². The molecule has 0 radical (unpaired) electrons. The van der Waals surface area contributed by atoms with E-state index < -0.39 is 71.5 Å². The molecule has 10 aromatic carbocycles. The Morgan fingerprint density at radius 1 is 0.390 bits per heavy atom. The first-order valence-electron chi connectivity index (χ1n) is 45.7. The number of H-pyrrole nitrogens is 5. The highest BCUT2D eigenvalue weighted by Crippen LogP contribution is 2.48. The number of aromatic nitrogens is 5. The summed E-state index contributed by atoms with van der Waals surface area (Å²) in [4.78, 5) is 88.3. The predicted octanol–water partition coefficient (Wildman–Crippen LogP) is 28.9. The van der Waals surface area contributed by atoms with Crippen molar-refractivity contribution < 1.29 is 82.8 Å². The Bertz CT molecular complexity index is 7080. The second-order valence-electron chi connectivity index (χ2n) is 35.1. The molecule has 0 aliphatic carbocycles. The number of carbonyl (C=O) groups is 5. The van der Waals surface area contributed by atoms with Crippen LogP contribution in [0.2, 0.25) is 20.1 Å². The van der Waals surface area contributed by atoms with E-state index in [1.165, 1.54) is 68.3 Å². The van der Waals surface area contributed by atoms with Gasteiger partial charge in [-0.25, -0.2) is 32.8 Å². The van der Waals surface area contributed by atoms with Crippen LogP contribution >= 0.6 is 85.5 Å². The maximum absolute atomic E-state index is 13.9. The van der Waals surface area contributed by atoms with Crippen LogP contribution in [0.1, 0.15) is 177 Å². The van der Waals surface area contributed by atoms with Gasteiger partial charge in [0.1, 0.15) is 43.4 Å². The second-order valence-corrected chi connectivity index (χ2v) is 38.5. The topological polar surface area (TPSA) is 227 Å². The van der Waals surface area contributed by atoms with Crippen LogP contribution in [0.3, 0.4) is 0 Å².